The zero-order valence-electron chi connectivity index (χ0n) is 16.5. The number of rotatable bonds is 8. The second-order valence-corrected chi connectivity index (χ2v) is 6.62. The van der Waals surface area contributed by atoms with Gasteiger partial charge in [0.05, 0.1) is 19.6 Å². The molecule has 0 aliphatic rings. The van der Waals surface area contributed by atoms with E-state index < -0.39 is 24.0 Å². The molecule has 1 N–H and O–H groups in total. The summed E-state index contributed by atoms with van der Waals surface area (Å²) in [6.07, 6.45) is -0.973. The zero-order valence-corrected chi connectivity index (χ0v) is 16.5. The van der Waals surface area contributed by atoms with Gasteiger partial charge in [-0.3, -0.25) is 14.8 Å². The lowest BCUT2D eigenvalue weighted by Crippen LogP contribution is -2.43. The Morgan fingerprint density at radius 1 is 1.28 bits per heavy atom. The molecule has 29 heavy (non-hydrogen) atoms. The van der Waals surface area contributed by atoms with Crippen LogP contribution in [0.5, 0.6) is 5.75 Å². The SMILES string of the molecule is CCCN(C(=O)Cc1ccc(C(F)(F)F)nc1)[C@@H](C)C(O)c1cnccc1OC. The molecule has 2 rings (SSSR count). The lowest BCUT2D eigenvalue weighted by molar-refractivity contribution is -0.141. The number of alkyl halides is 3. The van der Waals surface area contributed by atoms with Gasteiger partial charge in [0.1, 0.15) is 17.5 Å². The van der Waals surface area contributed by atoms with Crippen molar-refractivity contribution in [2.75, 3.05) is 13.7 Å². The fourth-order valence-electron chi connectivity index (χ4n) is 3.00. The summed E-state index contributed by atoms with van der Waals surface area (Å²) in [4.78, 5) is 21.7. The second-order valence-electron chi connectivity index (χ2n) is 6.62. The summed E-state index contributed by atoms with van der Waals surface area (Å²) in [5.74, 6) is 0.137. The summed E-state index contributed by atoms with van der Waals surface area (Å²) in [6.45, 7) is 3.98. The highest BCUT2D eigenvalue weighted by Gasteiger charge is 2.32. The van der Waals surface area contributed by atoms with Crippen LogP contribution in [0.4, 0.5) is 13.2 Å². The molecule has 0 saturated carbocycles. The maximum atomic E-state index is 12.8. The van der Waals surface area contributed by atoms with E-state index >= 15 is 0 Å². The lowest BCUT2D eigenvalue weighted by Gasteiger charge is -2.33. The molecule has 2 heterocycles. The number of methoxy groups -OCH3 is 1. The van der Waals surface area contributed by atoms with E-state index in [-0.39, 0.29) is 12.3 Å². The Morgan fingerprint density at radius 2 is 2.00 bits per heavy atom. The van der Waals surface area contributed by atoms with Crippen molar-refractivity contribution in [1.29, 1.82) is 0 Å². The quantitative estimate of drug-likeness (QED) is 0.721. The van der Waals surface area contributed by atoms with E-state index in [2.05, 4.69) is 9.97 Å². The van der Waals surface area contributed by atoms with E-state index in [1.54, 1.807) is 13.0 Å². The smallest absolute Gasteiger partial charge is 0.433 e. The standard InChI is InChI=1S/C20H24F3N3O3/c1-4-9-26(13(2)19(28)15-12-24-8-7-16(15)29-3)18(27)10-14-5-6-17(25-11-14)20(21,22)23/h5-8,11-13,19,28H,4,9-10H2,1-3H3/t13-,19?/m0/s1. The molecule has 2 aromatic heterocycles. The van der Waals surface area contributed by atoms with Crippen molar-refractivity contribution in [3.63, 3.8) is 0 Å². The summed E-state index contributed by atoms with van der Waals surface area (Å²) < 4.78 is 43.2. The van der Waals surface area contributed by atoms with E-state index in [1.165, 1.54) is 30.5 Å². The molecule has 0 fully saturated rings. The van der Waals surface area contributed by atoms with Crippen LogP contribution in [-0.4, -0.2) is 45.6 Å². The highest BCUT2D eigenvalue weighted by Crippen LogP contribution is 2.29. The van der Waals surface area contributed by atoms with Crippen LogP contribution in [0, 0.1) is 0 Å². The summed E-state index contributed by atoms with van der Waals surface area (Å²) in [6, 6.07) is 3.11. The van der Waals surface area contributed by atoms with Gasteiger partial charge in [-0.15, -0.1) is 0 Å². The highest BCUT2D eigenvalue weighted by atomic mass is 19.4. The second kappa shape index (κ2) is 9.69. The predicted molar refractivity (Wildman–Crippen MR) is 100 cm³/mol. The minimum atomic E-state index is -4.53. The largest absolute Gasteiger partial charge is 0.496 e. The Hall–Kier alpha value is -2.68. The minimum Gasteiger partial charge on any atom is -0.496 e. The molecular formula is C20H24F3N3O3. The van der Waals surface area contributed by atoms with E-state index in [0.29, 0.717) is 29.8 Å². The number of aliphatic hydroxyl groups excluding tert-OH is 1. The molecule has 1 amide bonds. The first-order valence-electron chi connectivity index (χ1n) is 9.16. The van der Waals surface area contributed by atoms with Crippen LogP contribution in [-0.2, 0) is 17.4 Å². The number of aromatic nitrogens is 2. The third-order valence-electron chi connectivity index (χ3n) is 4.55. The number of aliphatic hydroxyl groups is 1. The van der Waals surface area contributed by atoms with Crippen molar-refractivity contribution in [3.05, 3.63) is 53.6 Å². The van der Waals surface area contributed by atoms with E-state index in [0.717, 1.165) is 12.3 Å². The van der Waals surface area contributed by atoms with Crippen molar-refractivity contribution < 1.29 is 27.8 Å². The zero-order chi connectivity index (χ0) is 21.6. The topological polar surface area (TPSA) is 75.6 Å². The van der Waals surface area contributed by atoms with Crippen LogP contribution in [0.3, 0.4) is 0 Å². The summed E-state index contributed by atoms with van der Waals surface area (Å²) in [5, 5.41) is 10.8. The van der Waals surface area contributed by atoms with Gasteiger partial charge in [0.15, 0.2) is 0 Å². The molecule has 2 atom stereocenters. The normalized spacial score (nSPS) is 13.6. The van der Waals surface area contributed by atoms with Crippen molar-refractivity contribution in [2.45, 2.75) is 45.0 Å². The van der Waals surface area contributed by atoms with Gasteiger partial charge in [-0.25, -0.2) is 0 Å². The molecule has 0 bridgehead atoms. The first kappa shape index (κ1) is 22.6. The van der Waals surface area contributed by atoms with Gasteiger partial charge in [-0.05, 0) is 31.0 Å². The van der Waals surface area contributed by atoms with Gasteiger partial charge in [-0.1, -0.05) is 13.0 Å². The van der Waals surface area contributed by atoms with E-state index in [9.17, 15) is 23.1 Å². The van der Waals surface area contributed by atoms with Crippen molar-refractivity contribution in [2.24, 2.45) is 0 Å². The van der Waals surface area contributed by atoms with Crippen LogP contribution in [0.1, 0.15) is 43.2 Å². The maximum absolute atomic E-state index is 12.8. The average Bonchev–Trinajstić information content (AvgIpc) is 2.70. The molecule has 6 nitrogen and oxygen atoms in total. The molecule has 0 aliphatic heterocycles. The summed E-state index contributed by atoms with van der Waals surface area (Å²) in [7, 11) is 1.47. The van der Waals surface area contributed by atoms with Gasteiger partial charge >= 0.3 is 6.18 Å². The predicted octanol–water partition coefficient (Wildman–Crippen LogP) is 3.41. The molecule has 0 radical (unpaired) electrons. The summed E-state index contributed by atoms with van der Waals surface area (Å²) in [5.41, 5.74) is -0.191. The first-order chi connectivity index (χ1) is 13.7. The van der Waals surface area contributed by atoms with E-state index in [4.69, 9.17) is 4.74 Å². The Kier molecular flexibility index (Phi) is 7.55. The fraction of sp³-hybridized carbons (Fsp3) is 0.450. The van der Waals surface area contributed by atoms with Crippen LogP contribution in [0.15, 0.2) is 36.8 Å². The van der Waals surface area contributed by atoms with Crippen LogP contribution < -0.4 is 4.74 Å². The van der Waals surface area contributed by atoms with Crippen LogP contribution >= 0.6 is 0 Å². The van der Waals surface area contributed by atoms with Crippen LogP contribution in [0.2, 0.25) is 0 Å². The molecule has 0 spiro atoms. The monoisotopic (exact) mass is 411 g/mol. The molecule has 158 valence electrons. The number of amides is 1. The van der Waals surface area contributed by atoms with Gasteiger partial charge in [0.25, 0.3) is 0 Å². The third-order valence-corrected chi connectivity index (χ3v) is 4.55. The van der Waals surface area contributed by atoms with Gasteiger partial charge in [-0.2, -0.15) is 13.2 Å². The number of hydrogen-bond acceptors (Lipinski definition) is 5. The van der Waals surface area contributed by atoms with Crippen molar-refractivity contribution in [1.82, 2.24) is 14.9 Å². The number of pyridine rings is 2. The van der Waals surface area contributed by atoms with E-state index in [1.807, 2.05) is 6.92 Å². The highest BCUT2D eigenvalue weighted by molar-refractivity contribution is 5.79. The minimum absolute atomic E-state index is 0.119. The fourth-order valence-corrected chi connectivity index (χ4v) is 3.00. The molecule has 0 aliphatic carbocycles. The average molecular weight is 411 g/mol. The number of nitrogens with zero attached hydrogens (tertiary/aromatic N) is 3. The molecular weight excluding hydrogens is 387 g/mol. The van der Waals surface area contributed by atoms with Crippen molar-refractivity contribution in [3.8, 4) is 5.75 Å². The first-order valence-corrected chi connectivity index (χ1v) is 9.16. The number of carbonyl (C=O) groups excluding carboxylic acids is 1. The van der Waals surface area contributed by atoms with Crippen LogP contribution in [0.25, 0.3) is 0 Å². The summed E-state index contributed by atoms with van der Waals surface area (Å²) >= 11 is 0. The number of carbonyl (C=O) groups is 1. The number of hydrogen-bond donors (Lipinski definition) is 1. The third kappa shape index (κ3) is 5.66. The Morgan fingerprint density at radius 3 is 2.55 bits per heavy atom. The molecule has 9 heteroatoms. The molecule has 2 aromatic rings. The van der Waals surface area contributed by atoms with Gasteiger partial charge in [0, 0.05) is 30.7 Å². The van der Waals surface area contributed by atoms with Gasteiger partial charge in [0.2, 0.25) is 5.91 Å². The van der Waals surface area contributed by atoms with Crippen molar-refractivity contribution >= 4 is 5.91 Å². The Balaban J connectivity index is 2.17. The number of ether oxygens (including phenoxy) is 1. The molecule has 0 aromatic carbocycles. The Bertz CT molecular complexity index is 813. The maximum Gasteiger partial charge on any atom is 0.433 e. The lowest BCUT2D eigenvalue weighted by atomic mass is 10.0. The number of halogens is 3. The molecule has 1 unspecified atom stereocenters. The Labute approximate surface area is 167 Å². The molecule has 0 saturated heterocycles. The van der Waals surface area contributed by atoms with Gasteiger partial charge < -0.3 is 14.7 Å².